The maximum absolute atomic E-state index is 5.49. The summed E-state index contributed by atoms with van der Waals surface area (Å²) in [6.07, 6.45) is 4.13. The zero-order valence-corrected chi connectivity index (χ0v) is 13.4. The number of rotatable bonds is 5. The molecule has 0 bridgehead atoms. The molecule has 6 nitrogen and oxygen atoms in total. The molecule has 22 heavy (non-hydrogen) atoms. The molecule has 0 aromatic carbocycles. The van der Waals surface area contributed by atoms with Crippen molar-refractivity contribution in [1.29, 1.82) is 0 Å². The molecule has 0 spiro atoms. The van der Waals surface area contributed by atoms with Gasteiger partial charge in [0.15, 0.2) is 0 Å². The van der Waals surface area contributed by atoms with Crippen molar-refractivity contribution in [3.63, 3.8) is 0 Å². The summed E-state index contributed by atoms with van der Waals surface area (Å²) < 4.78 is 10.9. The van der Waals surface area contributed by atoms with E-state index in [0.29, 0.717) is 18.4 Å². The lowest BCUT2D eigenvalue weighted by Gasteiger charge is -2.37. The monoisotopic (exact) mass is 306 g/mol. The Kier molecular flexibility index (Phi) is 5.45. The first-order valence-corrected chi connectivity index (χ1v) is 8.35. The molecule has 0 aliphatic carbocycles. The molecular weight excluding hydrogens is 280 g/mol. The number of nitrogens with zero attached hydrogens (tertiary/aromatic N) is 4. The normalized spacial score (nSPS) is 23.5. The second-order valence-electron chi connectivity index (χ2n) is 6.01. The first kappa shape index (κ1) is 15.5. The summed E-state index contributed by atoms with van der Waals surface area (Å²) in [5, 5.41) is 0. The van der Waals surface area contributed by atoms with Crippen molar-refractivity contribution in [2.45, 2.75) is 19.8 Å². The molecule has 6 heteroatoms. The van der Waals surface area contributed by atoms with Crippen LogP contribution in [0.25, 0.3) is 0 Å². The van der Waals surface area contributed by atoms with Crippen LogP contribution in [-0.4, -0.2) is 67.4 Å². The minimum Gasteiger partial charge on any atom is -0.478 e. The largest absolute Gasteiger partial charge is 0.478 e. The Bertz CT molecular complexity index is 465. The number of anilines is 1. The number of hydrogen-bond acceptors (Lipinski definition) is 6. The van der Waals surface area contributed by atoms with Crippen molar-refractivity contribution in [2.75, 3.05) is 57.4 Å². The van der Waals surface area contributed by atoms with E-state index in [2.05, 4.69) is 19.8 Å². The van der Waals surface area contributed by atoms with Crippen LogP contribution in [0, 0.1) is 5.92 Å². The van der Waals surface area contributed by atoms with E-state index in [-0.39, 0.29) is 0 Å². The molecule has 2 aliphatic rings. The summed E-state index contributed by atoms with van der Waals surface area (Å²) in [6.45, 7) is 9.81. The SMILES string of the molecule is CCOc1cc(N2CCCC(CN3CCOCC3)C2)ncn1. The van der Waals surface area contributed by atoms with Crippen LogP contribution in [0.4, 0.5) is 5.82 Å². The lowest BCUT2D eigenvalue weighted by atomic mass is 9.97. The van der Waals surface area contributed by atoms with Crippen molar-refractivity contribution in [3.05, 3.63) is 12.4 Å². The molecule has 2 fully saturated rings. The van der Waals surface area contributed by atoms with Gasteiger partial charge >= 0.3 is 0 Å². The minimum absolute atomic E-state index is 0.635. The number of piperidine rings is 1. The molecule has 2 saturated heterocycles. The van der Waals surface area contributed by atoms with Crippen molar-refractivity contribution < 1.29 is 9.47 Å². The molecular formula is C16H26N4O2. The molecule has 3 rings (SSSR count). The second kappa shape index (κ2) is 7.74. The summed E-state index contributed by atoms with van der Waals surface area (Å²) in [5.41, 5.74) is 0. The molecule has 0 amide bonds. The maximum Gasteiger partial charge on any atom is 0.218 e. The van der Waals surface area contributed by atoms with Crippen molar-refractivity contribution in [1.82, 2.24) is 14.9 Å². The molecule has 122 valence electrons. The van der Waals surface area contributed by atoms with Gasteiger partial charge in [0.25, 0.3) is 0 Å². The summed E-state index contributed by atoms with van der Waals surface area (Å²) in [5.74, 6) is 2.37. The van der Waals surface area contributed by atoms with Gasteiger partial charge in [-0.3, -0.25) is 4.90 Å². The number of ether oxygens (including phenoxy) is 2. The molecule has 0 saturated carbocycles. The van der Waals surface area contributed by atoms with E-state index in [1.165, 1.54) is 19.4 Å². The number of morpholine rings is 1. The third-order valence-corrected chi connectivity index (χ3v) is 4.38. The van der Waals surface area contributed by atoms with Crippen molar-refractivity contribution in [2.24, 2.45) is 5.92 Å². The fourth-order valence-electron chi connectivity index (χ4n) is 3.30. The lowest BCUT2D eigenvalue weighted by molar-refractivity contribution is 0.0296. The smallest absolute Gasteiger partial charge is 0.218 e. The van der Waals surface area contributed by atoms with Crippen molar-refractivity contribution >= 4 is 5.82 Å². The van der Waals surface area contributed by atoms with Crippen LogP contribution in [0.2, 0.25) is 0 Å². The summed E-state index contributed by atoms with van der Waals surface area (Å²) in [7, 11) is 0. The van der Waals surface area contributed by atoms with Gasteiger partial charge in [-0.05, 0) is 25.7 Å². The van der Waals surface area contributed by atoms with Crippen LogP contribution in [0.5, 0.6) is 5.88 Å². The first-order valence-electron chi connectivity index (χ1n) is 8.35. The Morgan fingerprint density at radius 3 is 2.95 bits per heavy atom. The van der Waals surface area contributed by atoms with Crippen LogP contribution in [0.1, 0.15) is 19.8 Å². The standard InChI is InChI=1S/C16H26N4O2/c1-2-22-16-10-15(17-13-18-16)20-5-3-4-14(12-20)11-19-6-8-21-9-7-19/h10,13-14H,2-9,11-12H2,1H3. The Hall–Kier alpha value is -1.40. The minimum atomic E-state index is 0.635. The number of hydrogen-bond donors (Lipinski definition) is 0. The van der Waals surface area contributed by atoms with Crippen LogP contribution in [0.3, 0.4) is 0 Å². The second-order valence-corrected chi connectivity index (χ2v) is 6.01. The topological polar surface area (TPSA) is 50.7 Å². The van der Waals surface area contributed by atoms with E-state index >= 15 is 0 Å². The zero-order valence-electron chi connectivity index (χ0n) is 13.4. The highest BCUT2D eigenvalue weighted by molar-refractivity contribution is 5.41. The molecule has 1 aromatic rings. The number of aromatic nitrogens is 2. The average Bonchev–Trinajstić information content (AvgIpc) is 2.57. The van der Waals surface area contributed by atoms with Crippen molar-refractivity contribution in [3.8, 4) is 5.88 Å². The van der Waals surface area contributed by atoms with Gasteiger partial charge in [0.2, 0.25) is 5.88 Å². The molecule has 1 aromatic heterocycles. The Morgan fingerprint density at radius 1 is 1.27 bits per heavy atom. The van der Waals surface area contributed by atoms with E-state index in [0.717, 1.165) is 45.2 Å². The van der Waals surface area contributed by atoms with E-state index in [4.69, 9.17) is 9.47 Å². The highest BCUT2D eigenvalue weighted by Crippen LogP contribution is 2.24. The van der Waals surface area contributed by atoms with Crippen LogP contribution in [-0.2, 0) is 4.74 Å². The van der Waals surface area contributed by atoms with Gasteiger partial charge in [-0.1, -0.05) is 0 Å². The van der Waals surface area contributed by atoms with E-state index in [9.17, 15) is 0 Å². The Balaban J connectivity index is 1.58. The Morgan fingerprint density at radius 2 is 2.14 bits per heavy atom. The maximum atomic E-state index is 5.49. The molecule has 3 heterocycles. The first-order chi connectivity index (χ1) is 10.8. The molecule has 0 N–H and O–H groups in total. The van der Waals surface area contributed by atoms with Gasteiger partial charge < -0.3 is 14.4 Å². The predicted octanol–water partition coefficient (Wildman–Crippen LogP) is 1.42. The fraction of sp³-hybridized carbons (Fsp3) is 0.750. The highest BCUT2D eigenvalue weighted by atomic mass is 16.5. The van der Waals surface area contributed by atoms with E-state index < -0.39 is 0 Å². The van der Waals surface area contributed by atoms with Gasteiger partial charge in [0, 0.05) is 38.8 Å². The molecule has 2 aliphatic heterocycles. The lowest BCUT2D eigenvalue weighted by Crippen LogP contribution is -2.44. The van der Waals surface area contributed by atoms with E-state index in [1.54, 1.807) is 6.33 Å². The third-order valence-electron chi connectivity index (χ3n) is 4.38. The van der Waals surface area contributed by atoms with Crippen LogP contribution < -0.4 is 9.64 Å². The predicted molar refractivity (Wildman–Crippen MR) is 85.4 cm³/mol. The van der Waals surface area contributed by atoms with Gasteiger partial charge in [0.1, 0.15) is 12.1 Å². The highest BCUT2D eigenvalue weighted by Gasteiger charge is 2.24. The fourth-order valence-corrected chi connectivity index (χ4v) is 3.30. The summed E-state index contributed by atoms with van der Waals surface area (Å²) in [6, 6.07) is 1.96. The summed E-state index contributed by atoms with van der Waals surface area (Å²) in [4.78, 5) is 13.5. The molecule has 0 radical (unpaired) electrons. The third kappa shape index (κ3) is 4.08. The van der Waals surface area contributed by atoms with Gasteiger partial charge in [-0.2, -0.15) is 0 Å². The van der Waals surface area contributed by atoms with Gasteiger partial charge in [-0.15, -0.1) is 0 Å². The zero-order chi connectivity index (χ0) is 15.2. The quantitative estimate of drug-likeness (QED) is 0.820. The van der Waals surface area contributed by atoms with Gasteiger partial charge in [-0.25, -0.2) is 9.97 Å². The van der Waals surface area contributed by atoms with Crippen LogP contribution >= 0.6 is 0 Å². The molecule has 1 unspecified atom stereocenters. The van der Waals surface area contributed by atoms with E-state index in [1.807, 2.05) is 13.0 Å². The van der Waals surface area contributed by atoms with Crippen LogP contribution in [0.15, 0.2) is 12.4 Å². The summed E-state index contributed by atoms with van der Waals surface area (Å²) >= 11 is 0. The molecule has 1 atom stereocenters. The van der Waals surface area contributed by atoms with Gasteiger partial charge in [0.05, 0.1) is 19.8 Å². The average molecular weight is 306 g/mol. The Labute approximate surface area is 132 Å².